The first-order valence-corrected chi connectivity index (χ1v) is 9.03. The molecule has 0 saturated carbocycles. The Balaban J connectivity index is 1.91. The molecule has 0 fully saturated rings. The van der Waals surface area contributed by atoms with Crippen LogP contribution in [0.25, 0.3) is 4.85 Å². The molecule has 4 rings (SSSR count). The first kappa shape index (κ1) is 17.8. The molecule has 0 saturated heterocycles. The molecule has 2 atom stereocenters. The molecule has 0 radical (unpaired) electrons. The predicted molar refractivity (Wildman–Crippen MR) is 83.7 cm³/mol. The van der Waals surface area contributed by atoms with Crippen LogP contribution in [0.2, 0.25) is 0 Å². The zero-order valence-electron chi connectivity index (χ0n) is 13.2. The van der Waals surface area contributed by atoms with Gasteiger partial charge in [0.2, 0.25) is 9.84 Å². The molecule has 2 unspecified atom stereocenters. The van der Waals surface area contributed by atoms with Gasteiger partial charge in [-0.1, -0.05) is 0 Å². The summed E-state index contributed by atoms with van der Waals surface area (Å²) in [7, 11) is -5.20. The van der Waals surface area contributed by atoms with Crippen LogP contribution in [0.15, 0.2) is 35.2 Å². The molecule has 1 heterocycles. The summed E-state index contributed by atoms with van der Waals surface area (Å²) in [6.07, 6.45) is -3.27. The minimum atomic E-state index is -5.20. The lowest BCUT2D eigenvalue weighted by molar-refractivity contribution is -0.132. The highest BCUT2D eigenvalue weighted by Gasteiger charge is 2.74. The number of alkyl halides is 3. The summed E-state index contributed by atoms with van der Waals surface area (Å²) in [5, 5.41) is 5.74. The molecule has 1 aliphatic heterocycles. The molecule has 0 bridgehead atoms. The highest BCUT2D eigenvalue weighted by molar-refractivity contribution is 7.93. The summed E-state index contributed by atoms with van der Waals surface area (Å²) in [5.41, 5.74) is -4.58. The molecule has 0 spiro atoms. The Labute approximate surface area is 150 Å². The monoisotopic (exact) mass is 399 g/mol. The van der Waals surface area contributed by atoms with Crippen LogP contribution in [0, 0.1) is 12.4 Å². The Hall–Kier alpha value is -2.64. The molecule has 2 aliphatic rings. The maximum absolute atomic E-state index is 14.5. The summed E-state index contributed by atoms with van der Waals surface area (Å²) in [4.78, 5) is 2.18. The van der Waals surface area contributed by atoms with Gasteiger partial charge in [-0.15, -0.1) is 0 Å². The largest absolute Gasteiger partial charge is 0.458 e. The Bertz CT molecular complexity index is 1140. The second-order valence-electron chi connectivity index (χ2n) is 6.26. The van der Waals surface area contributed by atoms with Gasteiger partial charge in [0, 0.05) is 23.6 Å². The zero-order chi connectivity index (χ0) is 19.8. The standard InChI is InChI=1S/C17H9F4NO4S/c1-22-9-4-8(18)5-10(6-9)26-12-2-3-13-15-14(12)11(19)7-16(15,23)17(20,21)27(13,24)25/h2-6,11,23H,7H2. The lowest BCUT2D eigenvalue weighted by Crippen LogP contribution is -2.43. The third-order valence-electron chi connectivity index (χ3n) is 4.69. The highest BCUT2D eigenvalue weighted by Crippen LogP contribution is 2.64. The molecule has 140 valence electrons. The summed E-state index contributed by atoms with van der Waals surface area (Å²) >= 11 is 0. The number of aliphatic hydroxyl groups is 1. The maximum Gasteiger partial charge on any atom is 0.382 e. The van der Waals surface area contributed by atoms with Gasteiger partial charge in [0.25, 0.3) is 0 Å². The molecule has 1 N–H and O–H groups in total. The van der Waals surface area contributed by atoms with Crippen molar-refractivity contribution in [3.8, 4) is 11.5 Å². The van der Waals surface area contributed by atoms with Crippen molar-refractivity contribution in [1.82, 2.24) is 0 Å². The number of halogens is 4. The van der Waals surface area contributed by atoms with Crippen LogP contribution >= 0.6 is 0 Å². The number of hydrogen-bond acceptors (Lipinski definition) is 4. The number of benzene rings is 2. The van der Waals surface area contributed by atoms with Gasteiger partial charge in [-0.3, -0.25) is 0 Å². The van der Waals surface area contributed by atoms with E-state index in [-0.39, 0.29) is 17.2 Å². The smallest absolute Gasteiger partial charge is 0.382 e. The Kier molecular flexibility index (Phi) is 3.42. The van der Waals surface area contributed by atoms with Crippen molar-refractivity contribution >= 4 is 15.5 Å². The lowest BCUT2D eigenvalue weighted by Gasteiger charge is -2.25. The SMILES string of the molecule is [C-]#[N+]c1cc(F)cc(Oc2ccc3c4c2C(F)CC4(O)C(F)(F)S3(=O)=O)c1. The summed E-state index contributed by atoms with van der Waals surface area (Å²) < 4.78 is 86.2. The fourth-order valence-corrected chi connectivity index (χ4v) is 5.22. The van der Waals surface area contributed by atoms with Gasteiger partial charge in [0.1, 0.15) is 23.5 Å². The molecule has 2 aromatic rings. The molecular weight excluding hydrogens is 390 g/mol. The molecule has 5 nitrogen and oxygen atoms in total. The van der Waals surface area contributed by atoms with Crippen molar-refractivity contribution < 1.29 is 35.8 Å². The fourth-order valence-electron chi connectivity index (χ4n) is 3.52. The predicted octanol–water partition coefficient (Wildman–Crippen LogP) is 4.15. The van der Waals surface area contributed by atoms with Crippen molar-refractivity contribution in [3.05, 3.63) is 58.7 Å². The molecule has 0 aromatic heterocycles. The van der Waals surface area contributed by atoms with Crippen molar-refractivity contribution in [2.75, 3.05) is 0 Å². The molecule has 2 aromatic carbocycles. The first-order chi connectivity index (χ1) is 12.5. The van der Waals surface area contributed by atoms with Gasteiger partial charge in [0.15, 0.2) is 11.3 Å². The van der Waals surface area contributed by atoms with Gasteiger partial charge in [-0.2, -0.15) is 8.78 Å². The average molecular weight is 399 g/mol. The molecule has 0 amide bonds. The van der Waals surface area contributed by atoms with E-state index >= 15 is 0 Å². The molecule has 27 heavy (non-hydrogen) atoms. The van der Waals surface area contributed by atoms with Crippen LogP contribution in [0.1, 0.15) is 23.7 Å². The van der Waals surface area contributed by atoms with E-state index in [4.69, 9.17) is 11.3 Å². The van der Waals surface area contributed by atoms with Crippen LogP contribution in [0.3, 0.4) is 0 Å². The van der Waals surface area contributed by atoms with E-state index < -0.39 is 55.1 Å². The quantitative estimate of drug-likeness (QED) is 0.609. The zero-order valence-corrected chi connectivity index (χ0v) is 14.0. The van der Waals surface area contributed by atoms with Crippen molar-refractivity contribution in [2.24, 2.45) is 0 Å². The number of rotatable bonds is 2. The second-order valence-corrected chi connectivity index (χ2v) is 8.22. The van der Waals surface area contributed by atoms with Crippen molar-refractivity contribution in [3.63, 3.8) is 0 Å². The van der Waals surface area contributed by atoms with Gasteiger partial charge in [0.05, 0.1) is 11.5 Å². The van der Waals surface area contributed by atoms with Crippen LogP contribution in [-0.2, 0) is 15.4 Å². The van der Waals surface area contributed by atoms with E-state index in [1.54, 1.807) is 0 Å². The minimum absolute atomic E-state index is 0.106. The van der Waals surface area contributed by atoms with E-state index in [9.17, 15) is 31.1 Å². The van der Waals surface area contributed by atoms with Crippen LogP contribution in [0.5, 0.6) is 11.5 Å². The topological polar surface area (TPSA) is 68.0 Å². The number of hydrogen-bond donors (Lipinski definition) is 1. The van der Waals surface area contributed by atoms with Gasteiger partial charge in [-0.05, 0) is 24.3 Å². The minimum Gasteiger partial charge on any atom is -0.458 e. The third kappa shape index (κ3) is 2.09. The van der Waals surface area contributed by atoms with Gasteiger partial charge < -0.3 is 9.84 Å². The third-order valence-corrected chi connectivity index (χ3v) is 6.62. The summed E-state index contributed by atoms with van der Waals surface area (Å²) in [6.45, 7) is 6.91. The van der Waals surface area contributed by atoms with Crippen molar-refractivity contribution in [1.29, 1.82) is 0 Å². The first-order valence-electron chi connectivity index (χ1n) is 7.55. The van der Waals surface area contributed by atoms with E-state index in [0.717, 1.165) is 30.3 Å². The van der Waals surface area contributed by atoms with Gasteiger partial charge >= 0.3 is 5.25 Å². The average Bonchev–Trinajstić information content (AvgIpc) is 2.92. The van der Waals surface area contributed by atoms with E-state index in [1.165, 1.54) is 0 Å². The lowest BCUT2D eigenvalue weighted by atomic mass is 9.96. The Morgan fingerprint density at radius 1 is 1.26 bits per heavy atom. The molecule has 10 heteroatoms. The summed E-state index contributed by atoms with van der Waals surface area (Å²) in [6, 6.07) is 4.74. The van der Waals surface area contributed by atoms with E-state index in [0.29, 0.717) is 0 Å². The van der Waals surface area contributed by atoms with Crippen LogP contribution in [-0.4, -0.2) is 18.8 Å². The van der Waals surface area contributed by atoms with Crippen molar-refractivity contribution in [2.45, 2.75) is 28.3 Å². The highest BCUT2D eigenvalue weighted by atomic mass is 32.2. The maximum atomic E-state index is 14.5. The molecular formula is C17H9F4NO4S. The normalized spacial score (nSPS) is 26.4. The van der Waals surface area contributed by atoms with Gasteiger partial charge in [-0.25, -0.2) is 22.0 Å². The van der Waals surface area contributed by atoms with E-state index in [2.05, 4.69) is 4.85 Å². The molecule has 1 aliphatic carbocycles. The van der Waals surface area contributed by atoms with E-state index in [1.807, 2.05) is 0 Å². The Morgan fingerprint density at radius 2 is 1.96 bits per heavy atom. The van der Waals surface area contributed by atoms with Crippen LogP contribution < -0.4 is 4.74 Å². The Morgan fingerprint density at radius 3 is 2.63 bits per heavy atom. The number of ether oxygens (including phenoxy) is 1. The second kappa shape index (κ2) is 5.21. The fraction of sp³-hybridized carbons (Fsp3) is 0.235. The number of nitrogens with zero attached hydrogens (tertiary/aromatic N) is 1. The van der Waals surface area contributed by atoms with Crippen LogP contribution in [0.4, 0.5) is 23.2 Å². The summed E-state index contributed by atoms with van der Waals surface area (Å²) in [5.74, 6) is -1.35. The number of sulfone groups is 1.